The SMILES string of the molecule is N=C(N1CCCCC1)N1CCC[C@H]1CN1CCCCC1. The normalized spacial score (nSPS) is 28.9. The predicted octanol–water partition coefficient (Wildman–Crippen LogP) is 2.36. The Labute approximate surface area is 123 Å². The average Bonchev–Trinajstić information content (AvgIpc) is 2.96. The lowest BCUT2D eigenvalue weighted by Crippen LogP contribution is -2.51. The smallest absolute Gasteiger partial charge is 0.194 e. The standard InChI is InChI=1S/C16H30N4/c17-16(19-11-5-2-6-12-19)20-13-7-8-15(20)14-18-9-3-1-4-10-18/h15,17H,1-14H2/t15-/m0/s1. The third kappa shape index (κ3) is 3.27. The Morgan fingerprint density at radius 3 is 2.15 bits per heavy atom. The van der Waals surface area contributed by atoms with Crippen molar-refractivity contribution in [2.24, 2.45) is 0 Å². The van der Waals surface area contributed by atoms with E-state index in [4.69, 9.17) is 5.41 Å². The van der Waals surface area contributed by atoms with Gasteiger partial charge in [0.1, 0.15) is 0 Å². The van der Waals surface area contributed by atoms with E-state index in [9.17, 15) is 0 Å². The van der Waals surface area contributed by atoms with Crippen molar-refractivity contribution in [2.75, 3.05) is 39.3 Å². The summed E-state index contributed by atoms with van der Waals surface area (Å²) in [7, 11) is 0. The quantitative estimate of drug-likeness (QED) is 0.622. The molecule has 0 aromatic rings. The highest BCUT2D eigenvalue weighted by atomic mass is 15.4. The molecule has 0 unspecified atom stereocenters. The maximum absolute atomic E-state index is 8.56. The molecule has 3 aliphatic heterocycles. The molecule has 3 heterocycles. The van der Waals surface area contributed by atoms with Crippen LogP contribution in [0, 0.1) is 5.41 Å². The highest BCUT2D eigenvalue weighted by Gasteiger charge is 2.31. The van der Waals surface area contributed by atoms with Gasteiger partial charge < -0.3 is 14.7 Å². The van der Waals surface area contributed by atoms with Crippen molar-refractivity contribution in [3.05, 3.63) is 0 Å². The van der Waals surface area contributed by atoms with Gasteiger partial charge in [0, 0.05) is 32.2 Å². The first-order chi connectivity index (χ1) is 9.84. The first-order valence-corrected chi connectivity index (χ1v) is 8.67. The Hall–Kier alpha value is -0.770. The van der Waals surface area contributed by atoms with E-state index in [-0.39, 0.29) is 0 Å². The molecule has 0 radical (unpaired) electrons. The molecule has 1 N–H and O–H groups in total. The molecule has 0 saturated carbocycles. The molecule has 0 spiro atoms. The Morgan fingerprint density at radius 2 is 1.45 bits per heavy atom. The molecule has 0 aromatic carbocycles. The monoisotopic (exact) mass is 278 g/mol. The topological polar surface area (TPSA) is 33.6 Å². The second-order valence-electron chi connectivity index (χ2n) is 6.72. The molecule has 1 atom stereocenters. The molecule has 114 valence electrons. The summed E-state index contributed by atoms with van der Waals surface area (Å²) in [6.07, 6.45) is 10.6. The van der Waals surface area contributed by atoms with Crippen LogP contribution in [0.4, 0.5) is 0 Å². The zero-order valence-corrected chi connectivity index (χ0v) is 12.8. The van der Waals surface area contributed by atoms with Crippen LogP contribution in [-0.2, 0) is 0 Å². The molecule has 3 saturated heterocycles. The van der Waals surface area contributed by atoms with E-state index in [0.717, 1.165) is 25.6 Å². The number of likely N-dealkylation sites (tertiary alicyclic amines) is 3. The third-order valence-corrected chi connectivity index (χ3v) is 5.22. The molecule has 4 heteroatoms. The lowest BCUT2D eigenvalue weighted by atomic mass is 10.1. The number of nitrogens with one attached hydrogen (secondary N) is 1. The summed E-state index contributed by atoms with van der Waals surface area (Å²) in [6.45, 7) is 7.06. The summed E-state index contributed by atoms with van der Waals surface area (Å²) in [6, 6.07) is 0.600. The van der Waals surface area contributed by atoms with E-state index < -0.39 is 0 Å². The van der Waals surface area contributed by atoms with E-state index in [1.165, 1.54) is 71.0 Å². The van der Waals surface area contributed by atoms with Crippen LogP contribution >= 0.6 is 0 Å². The van der Waals surface area contributed by atoms with Gasteiger partial charge in [-0.15, -0.1) is 0 Å². The van der Waals surface area contributed by atoms with Gasteiger partial charge >= 0.3 is 0 Å². The maximum Gasteiger partial charge on any atom is 0.194 e. The lowest BCUT2D eigenvalue weighted by molar-refractivity contribution is 0.175. The van der Waals surface area contributed by atoms with Gasteiger partial charge in [-0.2, -0.15) is 0 Å². The predicted molar refractivity (Wildman–Crippen MR) is 83.2 cm³/mol. The number of rotatable bonds is 2. The Balaban J connectivity index is 1.55. The largest absolute Gasteiger partial charge is 0.343 e. The van der Waals surface area contributed by atoms with Crippen LogP contribution in [0.15, 0.2) is 0 Å². The van der Waals surface area contributed by atoms with Crippen LogP contribution in [0.1, 0.15) is 51.4 Å². The summed E-state index contributed by atoms with van der Waals surface area (Å²) in [4.78, 5) is 7.36. The molecule has 4 nitrogen and oxygen atoms in total. The lowest BCUT2D eigenvalue weighted by Gasteiger charge is -2.38. The van der Waals surface area contributed by atoms with Crippen molar-refractivity contribution in [1.29, 1.82) is 5.41 Å². The molecule has 0 aromatic heterocycles. The van der Waals surface area contributed by atoms with Crippen molar-refractivity contribution in [3.8, 4) is 0 Å². The Morgan fingerprint density at radius 1 is 0.800 bits per heavy atom. The number of guanidine groups is 1. The average molecular weight is 278 g/mol. The fraction of sp³-hybridized carbons (Fsp3) is 0.938. The minimum absolute atomic E-state index is 0.600. The van der Waals surface area contributed by atoms with Gasteiger partial charge in [0.25, 0.3) is 0 Å². The zero-order chi connectivity index (χ0) is 13.8. The molecule has 0 bridgehead atoms. The van der Waals surface area contributed by atoms with E-state index in [0.29, 0.717) is 6.04 Å². The van der Waals surface area contributed by atoms with Crippen LogP contribution in [-0.4, -0.2) is 66.0 Å². The number of hydrogen-bond donors (Lipinski definition) is 1. The molecule has 3 fully saturated rings. The number of piperidine rings is 2. The van der Waals surface area contributed by atoms with Crippen molar-refractivity contribution >= 4 is 5.96 Å². The summed E-state index contributed by atoms with van der Waals surface area (Å²) < 4.78 is 0. The summed E-state index contributed by atoms with van der Waals surface area (Å²) in [5.41, 5.74) is 0. The Bertz CT molecular complexity index is 318. The fourth-order valence-electron chi connectivity index (χ4n) is 4.03. The third-order valence-electron chi connectivity index (χ3n) is 5.22. The van der Waals surface area contributed by atoms with E-state index in [2.05, 4.69) is 14.7 Å². The highest BCUT2D eigenvalue weighted by Crippen LogP contribution is 2.22. The minimum Gasteiger partial charge on any atom is -0.343 e. The van der Waals surface area contributed by atoms with Crippen LogP contribution in [0.25, 0.3) is 0 Å². The molecule has 3 aliphatic rings. The van der Waals surface area contributed by atoms with Gasteiger partial charge in [-0.25, -0.2) is 0 Å². The fourth-order valence-corrected chi connectivity index (χ4v) is 4.03. The first-order valence-electron chi connectivity index (χ1n) is 8.67. The zero-order valence-electron chi connectivity index (χ0n) is 12.8. The van der Waals surface area contributed by atoms with E-state index in [1.807, 2.05) is 0 Å². The maximum atomic E-state index is 8.56. The van der Waals surface area contributed by atoms with Crippen LogP contribution < -0.4 is 0 Å². The minimum atomic E-state index is 0.600. The summed E-state index contributed by atoms with van der Waals surface area (Å²) >= 11 is 0. The van der Waals surface area contributed by atoms with Gasteiger partial charge in [-0.05, 0) is 58.0 Å². The van der Waals surface area contributed by atoms with Crippen molar-refractivity contribution < 1.29 is 0 Å². The van der Waals surface area contributed by atoms with Gasteiger partial charge in [0.05, 0.1) is 0 Å². The molecule has 3 rings (SSSR count). The molecular weight excluding hydrogens is 248 g/mol. The van der Waals surface area contributed by atoms with Crippen LogP contribution in [0.2, 0.25) is 0 Å². The van der Waals surface area contributed by atoms with Crippen molar-refractivity contribution in [2.45, 2.75) is 57.4 Å². The number of nitrogens with zero attached hydrogens (tertiary/aromatic N) is 3. The van der Waals surface area contributed by atoms with Gasteiger partial charge in [0.15, 0.2) is 5.96 Å². The molecular formula is C16H30N4. The second kappa shape index (κ2) is 6.79. The summed E-state index contributed by atoms with van der Waals surface area (Å²) in [5.74, 6) is 0.823. The van der Waals surface area contributed by atoms with Crippen molar-refractivity contribution in [1.82, 2.24) is 14.7 Å². The van der Waals surface area contributed by atoms with Crippen LogP contribution in [0.3, 0.4) is 0 Å². The van der Waals surface area contributed by atoms with E-state index in [1.54, 1.807) is 0 Å². The summed E-state index contributed by atoms with van der Waals surface area (Å²) in [5, 5.41) is 8.56. The number of hydrogen-bond acceptors (Lipinski definition) is 2. The molecule has 0 aliphatic carbocycles. The van der Waals surface area contributed by atoms with Crippen LogP contribution in [0.5, 0.6) is 0 Å². The van der Waals surface area contributed by atoms with Crippen molar-refractivity contribution in [3.63, 3.8) is 0 Å². The highest BCUT2D eigenvalue weighted by molar-refractivity contribution is 5.77. The molecule has 20 heavy (non-hydrogen) atoms. The van der Waals surface area contributed by atoms with E-state index >= 15 is 0 Å². The van der Waals surface area contributed by atoms with Gasteiger partial charge in [-0.1, -0.05) is 6.42 Å². The first kappa shape index (κ1) is 14.2. The second-order valence-corrected chi connectivity index (χ2v) is 6.72. The Kier molecular flexibility index (Phi) is 4.81. The molecule has 0 amide bonds. The van der Waals surface area contributed by atoms with Gasteiger partial charge in [0.2, 0.25) is 0 Å². The van der Waals surface area contributed by atoms with Gasteiger partial charge in [-0.3, -0.25) is 5.41 Å².